The number of fused-ring (bicyclic) bond motifs is 1. The molecule has 1 N–H and O–H groups in total. The minimum Gasteiger partial charge on any atom is -0.481 e. The number of methoxy groups -OCH3 is 2. The van der Waals surface area contributed by atoms with Crippen molar-refractivity contribution in [2.75, 3.05) is 14.2 Å². The molecule has 304 valence electrons. The minimum absolute atomic E-state index is 0.0384. The predicted molar refractivity (Wildman–Crippen MR) is 216 cm³/mol. The van der Waals surface area contributed by atoms with Gasteiger partial charge in [-0.3, -0.25) is 14.4 Å². The molecule has 0 aliphatic heterocycles. The van der Waals surface area contributed by atoms with Gasteiger partial charge < -0.3 is 14.6 Å². The van der Waals surface area contributed by atoms with E-state index in [1.54, 1.807) is 6.08 Å². The average Bonchev–Trinajstić information content (AvgIpc) is 3.44. The number of ether oxygens (including phenoxy) is 2. The summed E-state index contributed by atoms with van der Waals surface area (Å²) >= 11 is 0. The van der Waals surface area contributed by atoms with Crippen molar-refractivity contribution in [3.63, 3.8) is 0 Å². The minimum atomic E-state index is -1.10. The zero-order valence-corrected chi connectivity index (χ0v) is 34.5. The fourth-order valence-electron chi connectivity index (χ4n) is 8.88. The van der Waals surface area contributed by atoms with E-state index in [9.17, 15) is 24.3 Å². The Bertz CT molecular complexity index is 1120. The highest BCUT2D eigenvalue weighted by Crippen LogP contribution is 2.52. The van der Waals surface area contributed by atoms with Crippen molar-refractivity contribution in [3.8, 4) is 0 Å². The Balaban J connectivity index is 1.93. The number of aliphatic carboxylic acids is 1. The van der Waals surface area contributed by atoms with Crippen molar-refractivity contribution >= 4 is 23.7 Å². The van der Waals surface area contributed by atoms with Crippen molar-refractivity contribution in [2.24, 2.45) is 23.7 Å². The van der Waals surface area contributed by atoms with E-state index in [1.807, 2.05) is 0 Å². The molecule has 2 aliphatic carbocycles. The molecule has 7 nitrogen and oxygen atoms in total. The van der Waals surface area contributed by atoms with Gasteiger partial charge in [-0.2, -0.15) is 0 Å². The van der Waals surface area contributed by atoms with Gasteiger partial charge in [-0.25, -0.2) is 4.79 Å². The molecule has 0 saturated heterocycles. The van der Waals surface area contributed by atoms with Crippen molar-refractivity contribution < 1.29 is 33.8 Å². The van der Waals surface area contributed by atoms with Gasteiger partial charge in [-0.05, 0) is 31.3 Å². The van der Waals surface area contributed by atoms with E-state index in [4.69, 9.17) is 9.47 Å². The first-order valence-electron chi connectivity index (χ1n) is 22.2. The summed E-state index contributed by atoms with van der Waals surface area (Å²) in [5, 5.41) is 10.3. The molecule has 0 radical (unpaired) electrons. The number of carbonyl (C=O) groups excluding carboxylic acids is 3. The lowest BCUT2D eigenvalue weighted by Gasteiger charge is -2.37. The van der Waals surface area contributed by atoms with Crippen LogP contribution >= 0.6 is 0 Å². The molecule has 53 heavy (non-hydrogen) atoms. The molecule has 0 heterocycles. The van der Waals surface area contributed by atoms with Crippen LogP contribution in [-0.4, -0.2) is 43.0 Å². The number of carboxylic acid groups (broad SMARTS) is 1. The van der Waals surface area contributed by atoms with Gasteiger partial charge in [0.1, 0.15) is 5.57 Å². The summed E-state index contributed by atoms with van der Waals surface area (Å²) in [6.45, 7) is 4.51. The van der Waals surface area contributed by atoms with Gasteiger partial charge in [-0.15, -0.1) is 0 Å². The van der Waals surface area contributed by atoms with Crippen LogP contribution in [0.25, 0.3) is 0 Å². The largest absolute Gasteiger partial charge is 0.481 e. The van der Waals surface area contributed by atoms with Gasteiger partial charge in [0, 0.05) is 11.8 Å². The number of rotatable bonds is 33. The highest BCUT2D eigenvalue weighted by molar-refractivity contribution is 6.22. The third-order valence-electron chi connectivity index (χ3n) is 11.9. The summed E-state index contributed by atoms with van der Waals surface area (Å²) in [5.41, 5.74) is 1.30. The quantitative estimate of drug-likeness (QED) is 0.0309. The number of hydrogen-bond acceptors (Lipinski definition) is 6. The Morgan fingerprint density at radius 3 is 1.28 bits per heavy atom. The number of ketones is 1. The van der Waals surface area contributed by atoms with Gasteiger partial charge >= 0.3 is 17.9 Å². The lowest BCUT2D eigenvalue weighted by atomic mass is 9.65. The van der Waals surface area contributed by atoms with Gasteiger partial charge in [0.15, 0.2) is 5.78 Å². The second-order valence-corrected chi connectivity index (χ2v) is 16.1. The first-order valence-corrected chi connectivity index (χ1v) is 22.2. The van der Waals surface area contributed by atoms with Crippen LogP contribution in [0.4, 0.5) is 0 Å². The molecule has 0 saturated carbocycles. The van der Waals surface area contributed by atoms with E-state index in [1.165, 1.54) is 149 Å². The molecule has 0 aromatic rings. The summed E-state index contributed by atoms with van der Waals surface area (Å²) in [4.78, 5) is 53.1. The Morgan fingerprint density at radius 2 is 0.925 bits per heavy atom. The third-order valence-corrected chi connectivity index (χ3v) is 11.9. The number of carboxylic acids is 1. The summed E-state index contributed by atoms with van der Waals surface area (Å²) in [7, 11) is 2.60. The van der Waals surface area contributed by atoms with Gasteiger partial charge in [0.25, 0.3) is 0 Å². The topological polar surface area (TPSA) is 107 Å². The van der Waals surface area contributed by atoms with Crippen LogP contribution in [0, 0.1) is 23.7 Å². The van der Waals surface area contributed by atoms with Gasteiger partial charge in [-0.1, -0.05) is 192 Å². The van der Waals surface area contributed by atoms with Gasteiger partial charge in [0.05, 0.1) is 26.1 Å². The SMILES string of the molecule is CCCCCCCCCCCCCCCCC1=C[C@@H](C(=O)O)[C@@H]2C(=O)C(C(=O)OC)=C(CCCCCCCCCCCCCCCC)[C@@H]2[C@@H]1C(=O)OC. The average molecular weight is 743 g/mol. The maximum absolute atomic E-state index is 13.9. The van der Waals surface area contributed by atoms with Crippen LogP contribution in [-0.2, 0) is 28.7 Å². The molecule has 0 aromatic heterocycles. The number of esters is 2. The maximum Gasteiger partial charge on any atom is 0.341 e. The molecule has 0 bridgehead atoms. The third kappa shape index (κ3) is 16.9. The number of unbranched alkanes of at least 4 members (excludes halogenated alkanes) is 26. The van der Waals surface area contributed by atoms with Gasteiger partial charge in [0.2, 0.25) is 0 Å². The lowest BCUT2D eigenvalue weighted by Crippen LogP contribution is -2.42. The highest BCUT2D eigenvalue weighted by atomic mass is 16.5. The monoisotopic (exact) mass is 743 g/mol. The van der Waals surface area contributed by atoms with Crippen LogP contribution in [0.1, 0.15) is 206 Å². The van der Waals surface area contributed by atoms with Crippen LogP contribution in [0.2, 0.25) is 0 Å². The number of allylic oxidation sites excluding steroid dienone is 1. The summed E-state index contributed by atoms with van der Waals surface area (Å²) < 4.78 is 10.4. The smallest absolute Gasteiger partial charge is 0.341 e. The lowest BCUT2D eigenvalue weighted by molar-refractivity contribution is -0.151. The molecule has 2 rings (SSSR count). The predicted octanol–water partition coefficient (Wildman–Crippen LogP) is 12.4. The second kappa shape index (κ2) is 28.9. The molecule has 2 aliphatic rings. The van der Waals surface area contributed by atoms with E-state index in [2.05, 4.69) is 13.8 Å². The van der Waals surface area contributed by atoms with Crippen molar-refractivity contribution in [2.45, 2.75) is 206 Å². The highest BCUT2D eigenvalue weighted by Gasteiger charge is 2.56. The molecule has 4 atom stereocenters. The summed E-state index contributed by atoms with van der Waals surface area (Å²) in [6.07, 6.45) is 37.2. The number of hydrogen-bond donors (Lipinski definition) is 1. The summed E-state index contributed by atoms with van der Waals surface area (Å²) in [6, 6.07) is 0. The molecule has 0 amide bonds. The molecule has 0 unspecified atom stereocenters. The van der Waals surface area contributed by atoms with E-state index < -0.39 is 47.4 Å². The van der Waals surface area contributed by atoms with Crippen LogP contribution in [0.3, 0.4) is 0 Å². The van der Waals surface area contributed by atoms with Crippen molar-refractivity contribution in [1.29, 1.82) is 0 Å². The molecule has 7 heteroatoms. The molecule has 0 spiro atoms. The van der Waals surface area contributed by atoms with E-state index in [0.717, 1.165) is 50.5 Å². The summed E-state index contributed by atoms with van der Waals surface area (Å²) in [5.74, 6) is -6.36. The fourth-order valence-corrected chi connectivity index (χ4v) is 8.88. The Kier molecular flexibility index (Phi) is 25.5. The Morgan fingerprint density at radius 1 is 0.547 bits per heavy atom. The first-order chi connectivity index (χ1) is 25.8. The standard InChI is InChI=1S/C46H78O7/c1-5-7-9-11-13-15-17-19-21-23-25-27-29-31-33-36-35-38(44(48)49)41-40(39(36)45(50)52-3)37(42(43(41)47)46(51)53-4)34-32-30-28-26-24-22-20-18-16-14-12-10-8-6-2/h35,38-41H,5-34H2,1-4H3,(H,48,49)/t38-,39-,40-,41+/m1/s1. The molecule has 0 aromatic carbocycles. The normalized spacial score (nSPS) is 19.7. The zero-order chi connectivity index (χ0) is 38.7. The second-order valence-electron chi connectivity index (χ2n) is 16.1. The molecular formula is C46H78O7. The van der Waals surface area contributed by atoms with Crippen molar-refractivity contribution in [3.05, 3.63) is 22.8 Å². The number of carbonyl (C=O) groups is 4. The fraction of sp³-hybridized carbons (Fsp3) is 0.826. The van der Waals surface area contributed by atoms with E-state index in [-0.39, 0.29) is 5.57 Å². The van der Waals surface area contributed by atoms with Crippen LogP contribution in [0.15, 0.2) is 22.8 Å². The van der Waals surface area contributed by atoms with Crippen molar-refractivity contribution in [1.82, 2.24) is 0 Å². The van der Waals surface area contributed by atoms with Crippen LogP contribution < -0.4 is 0 Å². The van der Waals surface area contributed by atoms with Crippen LogP contribution in [0.5, 0.6) is 0 Å². The zero-order valence-electron chi connectivity index (χ0n) is 34.5. The first kappa shape index (κ1) is 46.7. The Labute approximate surface area is 323 Å². The molecular weight excluding hydrogens is 664 g/mol. The maximum atomic E-state index is 13.9. The van der Waals surface area contributed by atoms with E-state index in [0.29, 0.717) is 18.4 Å². The molecule has 0 fully saturated rings. The van der Waals surface area contributed by atoms with E-state index >= 15 is 0 Å². The number of Topliss-reactive ketones (excluding diaryl/α,β-unsaturated/α-hetero) is 1. The Hall–Kier alpha value is -2.44.